The van der Waals surface area contributed by atoms with Gasteiger partial charge in [0.05, 0.1) is 19.7 Å². The third-order valence-corrected chi connectivity index (χ3v) is 3.57. The predicted molar refractivity (Wildman–Crippen MR) is 68.7 cm³/mol. The largest absolute Gasteiger partial charge is 0.534 e. The number of hydrogen-bond acceptors (Lipinski definition) is 7. The minimum atomic E-state index is -5.84. The van der Waals surface area contributed by atoms with Crippen LogP contribution in [0.5, 0.6) is 11.6 Å². The lowest BCUT2D eigenvalue weighted by molar-refractivity contribution is -0.0500. The number of fused-ring (bicyclic) bond motifs is 1. The summed E-state index contributed by atoms with van der Waals surface area (Å²) in [7, 11) is -3.54. The average Bonchev–Trinajstić information content (AvgIpc) is 2.87. The summed E-state index contributed by atoms with van der Waals surface area (Å²) < 4.78 is 73.6. The second-order valence-electron chi connectivity index (χ2n) is 4.07. The maximum Gasteiger partial charge on any atom is 0.534 e. The van der Waals surface area contributed by atoms with Crippen LogP contribution in [0.1, 0.15) is 10.5 Å². The van der Waals surface area contributed by atoms with Crippen LogP contribution >= 0.6 is 0 Å². The fourth-order valence-corrected chi connectivity index (χ4v) is 2.06. The van der Waals surface area contributed by atoms with Gasteiger partial charge in [-0.05, 0) is 6.07 Å². The molecule has 2 aromatic heterocycles. The number of hydrogen-bond donors (Lipinski definition) is 0. The monoisotopic (exact) mass is 354 g/mol. The molecule has 0 aliphatic heterocycles. The molecule has 0 spiro atoms. The zero-order valence-corrected chi connectivity index (χ0v) is 12.4. The number of aromatic nitrogens is 2. The Morgan fingerprint density at radius 2 is 1.87 bits per heavy atom. The van der Waals surface area contributed by atoms with Crippen LogP contribution in [0, 0.1) is 0 Å². The standard InChI is InChI=1S/C11H9F3N2O6S/c1-20-9-5-7(22-23(18,19)11(12,13)14)3-6-4-8(10(17)21-2)15-16(6)9/h3-5H,1-2H3. The number of ether oxygens (including phenoxy) is 2. The van der Waals surface area contributed by atoms with Crippen LogP contribution < -0.4 is 8.92 Å². The van der Waals surface area contributed by atoms with Crippen LogP contribution in [0.2, 0.25) is 0 Å². The Kier molecular flexibility index (Phi) is 4.11. The van der Waals surface area contributed by atoms with E-state index in [1.54, 1.807) is 0 Å². The smallest absolute Gasteiger partial charge is 0.481 e. The van der Waals surface area contributed by atoms with Gasteiger partial charge in [-0.2, -0.15) is 31.2 Å². The lowest BCUT2D eigenvalue weighted by Gasteiger charge is -2.11. The molecular weight excluding hydrogens is 345 g/mol. The fraction of sp³-hybridized carbons (Fsp3) is 0.273. The van der Waals surface area contributed by atoms with Gasteiger partial charge in [0.1, 0.15) is 5.75 Å². The van der Waals surface area contributed by atoms with E-state index in [-0.39, 0.29) is 17.1 Å². The average molecular weight is 354 g/mol. The first-order chi connectivity index (χ1) is 10.6. The molecule has 8 nitrogen and oxygen atoms in total. The number of carbonyl (C=O) groups excluding carboxylic acids is 1. The molecule has 12 heteroatoms. The van der Waals surface area contributed by atoms with Gasteiger partial charge >= 0.3 is 21.6 Å². The summed E-state index contributed by atoms with van der Waals surface area (Å²) in [6.45, 7) is 0. The lowest BCUT2D eigenvalue weighted by Crippen LogP contribution is -2.28. The van der Waals surface area contributed by atoms with E-state index in [0.29, 0.717) is 0 Å². The molecule has 0 bridgehead atoms. The van der Waals surface area contributed by atoms with Crippen LogP contribution in [0.4, 0.5) is 13.2 Å². The molecule has 2 rings (SSSR count). The molecule has 0 amide bonds. The molecule has 0 radical (unpaired) electrons. The van der Waals surface area contributed by atoms with Gasteiger partial charge in [-0.25, -0.2) is 4.79 Å². The summed E-state index contributed by atoms with van der Waals surface area (Å²) >= 11 is 0. The Morgan fingerprint density at radius 1 is 1.22 bits per heavy atom. The Morgan fingerprint density at radius 3 is 2.39 bits per heavy atom. The van der Waals surface area contributed by atoms with Crippen molar-refractivity contribution >= 4 is 21.6 Å². The van der Waals surface area contributed by atoms with Crippen molar-refractivity contribution in [3.8, 4) is 11.6 Å². The summed E-state index contributed by atoms with van der Waals surface area (Å²) in [6.07, 6.45) is 0. The first kappa shape index (κ1) is 16.9. The van der Waals surface area contributed by atoms with E-state index in [2.05, 4.69) is 14.0 Å². The molecular formula is C11H9F3N2O6S. The van der Waals surface area contributed by atoms with Gasteiger partial charge in [-0.15, -0.1) is 0 Å². The molecule has 23 heavy (non-hydrogen) atoms. The van der Waals surface area contributed by atoms with E-state index in [1.807, 2.05) is 0 Å². The molecule has 0 fully saturated rings. The lowest BCUT2D eigenvalue weighted by atomic mass is 10.3. The highest BCUT2D eigenvalue weighted by atomic mass is 32.2. The van der Waals surface area contributed by atoms with Crippen LogP contribution in [0.15, 0.2) is 18.2 Å². The fourth-order valence-electron chi connectivity index (χ4n) is 1.62. The molecule has 2 aromatic rings. The number of halogens is 3. The van der Waals surface area contributed by atoms with E-state index in [1.165, 1.54) is 13.2 Å². The highest BCUT2D eigenvalue weighted by Crippen LogP contribution is 2.30. The van der Waals surface area contributed by atoms with E-state index in [0.717, 1.165) is 23.8 Å². The third kappa shape index (κ3) is 3.16. The van der Waals surface area contributed by atoms with Gasteiger partial charge in [0.15, 0.2) is 5.69 Å². The zero-order chi connectivity index (χ0) is 17.4. The van der Waals surface area contributed by atoms with E-state index in [4.69, 9.17) is 4.74 Å². The molecule has 0 aliphatic rings. The quantitative estimate of drug-likeness (QED) is 0.465. The van der Waals surface area contributed by atoms with Gasteiger partial charge in [-0.3, -0.25) is 0 Å². The number of methoxy groups -OCH3 is 2. The van der Waals surface area contributed by atoms with E-state index in [9.17, 15) is 26.4 Å². The first-order valence-corrected chi connectivity index (χ1v) is 7.17. The SMILES string of the molecule is COC(=O)c1cc2cc(OS(=O)(=O)C(F)(F)F)cc(OC)n2n1. The van der Waals surface area contributed by atoms with Crippen LogP contribution in [-0.2, 0) is 14.9 Å². The third-order valence-electron chi connectivity index (χ3n) is 2.59. The van der Waals surface area contributed by atoms with Crippen molar-refractivity contribution in [1.82, 2.24) is 9.61 Å². The maximum atomic E-state index is 12.3. The summed E-state index contributed by atoms with van der Waals surface area (Å²) in [5.41, 5.74) is -5.66. The van der Waals surface area contributed by atoms with Crippen molar-refractivity contribution in [1.29, 1.82) is 0 Å². The van der Waals surface area contributed by atoms with Crippen molar-refractivity contribution in [2.24, 2.45) is 0 Å². The van der Waals surface area contributed by atoms with Crippen molar-refractivity contribution in [2.75, 3.05) is 14.2 Å². The van der Waals surface area contributed by atoms with E-state index >= 15 is 0 Å². The number of alkyl halides is 3. The van der Waals surface area contributed by atoms with Crippen molar-refractivity contribution < 1.29 is 40.0 Å². The Balaban J connectivity index is 2.53. The van der Waals surface area contributed by atoms with Gasteiger partial charge in [0, 0.05) is 12.1 Å². The minimum Gasteiger partial charge on any atom is -0.481 e. The second-order valence-corrected chi connectivity index (χ2v) is 5.61. The predicted octanol–water partition coefficient (Wildman–Crippen LogP) is 1.36. The Labute approximate surface area is 127 Å². The Hall–Kier alpha value is -2.50. The van der Waals surface area contributed by atoms with Crippen LogP contribution in [0.25, 0.3) is 5.52 Å². The summed E-state index contributed by atoms with van der Waals surface area (Å²) in [6, 6.07) is 3.00. The van der Waals surface area contributed by atoms with Crippen molar-refractivity contribution in [2.45, 2.75) is 5.51 Å². The normalized spacial score (nSPS) is 12.2. The highest BCUT2D eigenvalue weighted by molar-refractivity contribution is 7.88. The number of rotatable bonds is 4. The Bertz CT molecular complexity index is 859. The molecule has 0 saturated carbocycles. The summed E-state index contributed by atoms with van der Waals surface area (Å²) in [5.74, 6) is -1.59. The molecule has 126 valence electrons. The molecule has 0 aromatic carbocycles. The summed E-state index contributed by atoms with van der Waals surface area (Å²) in [5, 5.41) is 3.83. The molecule has 0 saturated heterocycles. The molecule has 0 atom stereocenters. The van der Waals surface area contributed by atoms with Crippen molar-refractivity contribution in [3.05, 3.63) is 23.9 Å². The van der Waals surface area contributed by atoms with Gasteiger partial charge in [0.2, 0.25) is 5.88 Å². The number of pyridine rings is 1. The second kappa shape index (κ2) is 5.61. The molecule has 0 aliphatic carbocycles. The highest BCUT2D eigenvalue weighted by Gasteiger charge is 2.48. The number of esters is 1. The van der Waals surface area contributed by atoms with Crippen molar-refractivity contribution in [3.63, 3.8) is 0 Å². The zero-order valence-electron chi connectivity index (χ0n) is 11.6. The molecule has 0 N–H and O–H groups in total. The minimum absolute atomic E-state index is 0.0668. The van der Waals surface area contributed by atoms with Gasteiger partial charge in [0.25, 0.3) is 0 Å². The molecule has 0 unspecified atom stereocenters. The number of carbonyl (C=O) groups is 1. The maximum absolute atomic E-state index is 12.3. The first-order valence-electron chi connectivity index (χ1n) is 5.76. The van der Waals surface area contributed by atoms with Crippen LogP contribution in [-0.4, -0.2) is 43.7 Å². The summed E-state index contributed by atoms with van der Waals surface area (Å²) in [4.78, 5) is 11.4. The van der Waals surface area contributed by atoms with Gasteiger partial charge < -0.3 is 13.7 Å². The van der Waals surface area contributed by atoms with E-state index < -0.39 is 27.3 Å². The van der Waals surface area contributed by atoms with Crippen LogP contribution in [0.3, 0.4) is 0 Å². The van der Waals surface area contributed by atoms with Gasteiger partial charge in [-0.1, -0.05) is 0 Å². The molecule has 2 heterocycles. The number of nitrogens with zero attached hydrogens (tertiary/aromatic N) is 2. The topological polar surface area (TPSA) is 96.2 Å².